The zero-order valence-corrected chi connectivity index (χ0v) is 23.0. The fraction of sp³-hybridized carbons (Fsp3) is 0.471. The predicted octanol–water partition coefficient (Wildman–Crippen LogP) is 9.60. The number of para-hydroxylation sites is 2. The van der Waals surface area contributed by atoms with E-state index in [2.05, 4.69) is 99.9 Å². The molecule has 2 aromatic rings. The van der Waals surface area contributed by atoms with Crippen LogP contribution in [0.5, 0.6) is 0 Å². The van der Waals surface area contributed by atoms with Crippen molar-refractivity contribution in [2.45, 2.75) is 105 Å². The number of hydrogen-bond donors (Lipinski definition) is 0. The van der Waals surface area contributed by atoms with Gasteiger partial charge in [-0.1, -0.05) is 70.5 Å². The Balaban J connectivity index is 2.36. The van der Waals surface area contributed by atoms with Gasteiger partial charge in [-0.25, -0.2) is 0 Å². The third-order valence-corrected chi connectivity index (χ3v) is 5.97. The number of hydrogen-bond acceptors (Lipinski definition) is 2. The van der Waals surface area contributed by atoms with Crippen LogP contribution in [0.25, 0.3) is 0 Å². The Kier molecular flexibility index (Phi) is 14.7. The Labute approximate surface area is 220 Å². The van der Waals surface area contributed by atoms with Gasteiger partial charge in [-0.3, -0.25) is 9.98 Å². The second-order valence-electron chi connectivity index (χ2n) is 9.04. The molecule has 2 heteroatoms. The molecule has 0 atom stereocenters. The summed E-state index contributed by atoms with van der Waals surface area (Å²) in [6.45, 7) is 8.76. The lowest BCUT2D eigenvalue weighted by Crippen LogP contribution is -2.13. The first kappa shape index (κ1) is 29.1. The molecule has 36 heavy (non-hydrogen) atoms. The molecule has 0 aliphatic heterocycles. The number of aliphatic imine (C=N–C) groups is 2. The number of benzene rings is 2. The number of aryl methyl sites for hydroxylation is 2. The van der Waals surface area contributed by atoms with Gasteiger partial charge in [-0.05, 0) is 68.2 Å². The van der Waals surface area contributed by atoms with Gasteiger partial charge in [0.05, 0.1) is 22.8 Å². The van der Waals surface area contributed by atoms with Crippen LogP contribution in [-0.2, 0) is 12.8 Å². The molecule has 0 saturated heterocycles. The van der Waals surface area contributed by atoms with E-state index in [1.807, 2.05) is 0 Å². The lowest BCUT2D eigenvalue weighted by atomic mass is 10.0. The Morgan fingerprint density at radius 2 is 1.06 bits per heavy atom. The van der Waals surface area contributed by atoms with Crippen LogP contribution in [-0.4, -0.2) is 11.4 Å². The maximum atomic E-state index is 5.22. The molecule has 0 aliphatic rings. The van der Waals surface area contributed by atoms with E-state index in [4.69, 9.17) is 9.98 Å². The highest BCUT2D eigenvalue weighted by molar-refractivity contribution is 6.43. The number of nitrogens with zero attached hydrogens (tertiary/aromatic N) is 2. The zero-order valence-electron chi connectivity index (χ0n) is 23.0. The quantitative estimate of drug-likeness (QED) is 0.201. The normalized spacial score (nSPS) is 11.4. The monoisotopic (exact) mass is 480 g/mol. The maximum Gasteiger partial charge on any atom is 0.0666 e. The Morgan fingerprint density at radius 3 is 1.53 bits per heavy atom. The number of rotatable bonds is 13. The highest BCUT2D eigenvalue weighted by atomic mass is 14.8. The van der Waals surface area contributed by atoms with E-state index in [0.29, 0.717) is 0 Å². The fourth-order valence-corrected chi connectivity index (χ4v) is 3.91. The highest BCUT2D eigenvalue weighted by Crippen LogP contribution is 2.25. The first-order chi connectivity index (χ1) is 17.7. The summed E-state index contributed by atoms with van der Waals surface area (Å²) in [5.41, 5.74) is 6.83. The standard InChI is InChI=1S/C34H44N2/c1-5-9-12-14-16-22-29-24-18-20-27-32(29)35-31(8-4)34(26-11-7-3)36-33-28-21-19-25-30(33)23-17-15-13-10-6-2/h18-21,24-25,27-28H,5-11,16-17,22-23,26H2,1-4H3. The Bertz CT molecular complexity index is 1100. The molecule has 0 amide bonds. The minimum Gasteiger partial charge on any atom is -0.251 e. The topological polar surface area (TPSA) is 24.7 Å². The summed E-state index contributed by atoms with van der Waals surface area (Å²) in [5.74, 6) is 13.2. The van der Waals surface area contributed by atoms with Crippen molar-refractivity contribution in [3.05, 3.63) is 59.7 Å². The molecule has 0 bridgehead atoms. The van der Waals surface area contributed by atoms with Gasteiger partial charge in [0.1, 0.15) is 0 Å². The average Bonchev–Trinajstić information content (AvgIpc) is 2.91. The second-order valence-corrected chi connectivity index (χ2v) is 9.04. The van der Waals surface area contributed by atoms with Crippen molar-refractivity contribution >= 4 is 22.8 Å². The summed E-state index contributed by atoms with van der Waals surface area (Å²) in [6.07, 6.45) is 11.8. The summed E-state index contributed by atoms with van der Waals surface area (Å²) < 4.78 is 0. The lowest BCUT2D eigenvalue weighted by molar-refractivity contribution is 0.837. The van der Waals surface area contributed by atoms with Crippen molar-refractivity contribution in [3.63, 3.8) is 0 Å². The van der Waals surface area contributed by atoms with E-state index in [-0.39, 0.29) is 0 Å². The molecule has 0 unspecified atom stereocenters. The van der Waals surface area contributed by atoms with Crippen LogP contribution in [0, 0.1) is 23.7 Å². The highest BCUT2D eigenvalue weighted by Gasteiger charge is 2.11. The molecule has 0 heterocycles. The number of unbranched alkanes of at least 4 members (excludes halogenated alkanes) is 3. The molecule has 0 fully saturated rings. The van der Waals surface area contributed by atoms with Crippen LogP contribution in [0.15, 0.2) is 58.5 Å². The van der Waals surface area contributed by atoms with Crippen molar-refractivity contribution in [2.75, 3.05) is 0 Å². The summed E-state index contributed by atoms with van der Waals surface area (Å²) in [4.78, 5) is 10.4. The lowest BCUT2D eigenvalue weighted by Gasteiger charge is -2.12. The molecule has 2 rings (SSSR count). The first-order valence-corrected chi connectivity index (χ1v) is 14.0. The zero-order chi connectivity index (χ0) is 25.8. The van der Waals surface area contributed by atoms with Crippen molar-refractivity contribution < 1.29 is 0 Å². The average molecular weight is 481 g/mol. The minimum absolute atomic E-state index is 0.859. The van der Waals surface area contributed by atoms with Gasteiger partial charge in [0.25, 0.3) is 0 Å². The summed E-state index contributed by atoms with van der Waals surface area (Å²) in [7, 11) is 0. The SMILES string of the molecule is CCCC#CCCc1ccccc1N=C(CC)C(CCCC)=Nc1ccccc1CCC#CCCC. The van der Waals surface area contributed by atoms with Gasteiger partial charge in [0.2, 0.25) is 0 Å². The molecule has 190 valence electrons. The summed E-state index contributed by atoms with van der Waals surface area (Å²) in [5, 5.41) is 0. The molecule has 0 spiro atoms. The van der Waals surface area contributed by atoms with Crippen molar-refractivity contribution in [3.8, 4) is 23.7 Å². The largest absolute Gasteiger partial charge is 0.251 e. The van der Waals surface area contributed by atoms with Crippen molar-refractivity contribution in [1.82, 2.24) is 0 Å². The van der Waals surface area contributed by atoms with E-state index >= 15 is 0 Å². The second kappa shape index (κ2) is 18.2. The molecule has 0 aromatic heterocycles. The third kappa shape index (κ3) is 10.7. The van der Waals surface area contributed by atoms with Gasteiger partial charge in [0.15, 0.2) is 0 Å². The van der Waals surface area contributed by atoms with Crippen molar-refractivity contribution in [1.29, 1.82) is 0 Å². The predicted molar refractivity (Wildman–Crippen MR) is 159 cm³/mol. The molecular weight excluding hydrogens is 436 g/mol. The minimum atomic E-state index is 0.859. The third-order valence-electron chi connectivity index (χ3n) is 5.97. The van der Waals surface area contributed by atoms with Crippen LogP contribution < -0.4 is 0 Å². The molecule has 0 aliphatic carbocycles. The molecular formula is C34H44N2. The van der Waals surface area contributed by atoms with Crippen molar-refractivity contribution in [2.24, 2.45) is 9.98 Å². The van der Waals surface area contributed by atoms with E-state index < -0.39 is 0 Å². The summed E-state index contributed by atoms with van der Waals surface area (Å²) >= 11 is 0. The molecule has 0 radical (unpaired) electrons. The Morgan fingerprint density at radius 1 is 0.583 bits per heavy atom. The molecule has 0 N–H and O–H groups in total. The van der Waals surface area contributed by atoms with Gasteiger partial charge in [-0.2, -0.15) is 0 Å². The van der Waals surface area contributed by atoms with Crippen LogP contribution in [0.1, 0.15) is 103 Å². The smallest absolute Gasteiger partial charge is 0.0666 e. The van der Waals surface area contributed by atoms with E-state index in [1.165, 1.54) is 11.1 Å². The van der Waals surface area contributed by atoms with Crippen LogP contribution >= 0.6 is 0 Å². The first-order valence-electron chi connectivity index (χ1n) is 14.0. The van der Waals surface area contributed by atoms with Crippen LogP contribution in [0.4, 0.5) is 11.4 Å². The van der Waals surface area contributed by atoms with E-state index in [0.717, 1.165) is 99.8 Å². The molecule has 2 aromatic carbocycles. The van der Waals surface area contributed by atoms with E-state index in [9.17, 15) is 0 Å². The molecule has 0 saturated carbocycles. The van der Waals surface area contributed by atoms with Gasteiger partial charge in [0, 0.05) is 25.7 Å². The van der Waals surface area contributed by atoms with Gasteiger partial charge < -0.3 is 0 Å². The van der Waals surface area contributed by atoms with E-state index in [1.54, 1.807) is 0 Å². The van der Waals surface area contributed by atoms with Gasteiger partial charge >= 0.3 is 0 Å². The fourth-order valence-electron chi connectivity index (χ4n) is 3.91. The van der Waals surface area contributed by atoms with Gasteiger partial charge in [-0.15, -0.1) is 23.7 Å². The maximum absolute atomic E-state index is 5.22. The molecule has 2 nitrogen and oxygen atoms in total. The van der Waals surface area contributed by atoms with Crippen LogP contribution in [0.3, 0.4) is 0 Å². The summed E-state index contributed by atoms with van der Waals surface area (Å²) in [6, 6.07) is 17.0. The van der Waals surface area contributed by atoms with Crippen LogP contribution in [0.2, 0.25) is 0 Å². The Hall–Kier alpha value is -3.10.